The molecule has 2 unspecified atom stereocenters. The topological polar surface area (TPSA) is 53.0 Å². The SMILES string of the molecule is CN=C(NCC1CCCOC1C(C)(C)C)N1CCN(c2ccccn2)CC1. The second-order valence-electron chi connectivity index (χ2n) is 8.65. The Bertz CT molecular complexity index is 605. The molecule has 6 heteroatoms. The molecule has 0 saturated carbocycles. The Labute approximate surface area is 164 Å². The van der Waals surface area contributed by atoms with Crippen LogP contribution >= 0.6 is 0 Å². The van der Waals surface area contributed by atoms with Crippen molar-refractivity contribution in [2.45, 2.75) is 39.7 Å². The van der Waals surface area contributed by atoms with Crippen LogP contribution in [-0.2, 0) is 4.74 Å². The second-order valence-corrected chi connectivity index (χ2v) is 8.65. The van der Waals surface area contributed by atoms with Gasteiger partial charge in [0.15, 0.2) is 5.96 Å². The van der Waals surface area contributed by atoms with Crippen molar-refractivity contribution in [1.29, 1.82) is 0 Å². The third kappa shape index (κ3) is 5.12. The molecule has 1 aromatic rings. The monoisotopic (exact) mass is 373 g/mol. The first-order chi connectivity index (χ1) is 13.0. The van der Waals surface area contributed by atoms with Crippen LogP contribution in [0.3, 0.4) is 0 Å². The molecule has 0 aromatic carbocycles. The number of nitrogens with zero attached hydrogens (tertiary/aromatic N) is 4. The molecule has 2 fully saturated rings. The third-order valence-electron chi connectivity index (χ3n) is 5.59. The number of aliphatic imine (C=N–C) groups is 1. The second kappa shape index (κ2) is 8.91. The van der Waals surface area contributed by atoms with Gasteiger partial charge in [-0.1, -0.05) is 26.8 Å². The van der Waals surface area contributed by atoms with Crippen LogP contribution in [0.2, 0.25) is 0 Å². The molecule has 0 aliphatic carbocycles. The van der Waals surface area contributed by atoms with Crippen molar-refractivity contribution in [3.63, 3.8) is 0 Å². The minimum absolute atomic E-state index is 0.171. The van der Waals surface area contributed by atoms with E-state index >= 15 is 0 Å². The molecule has 3 rings (SSSR count). The minimum atomic E-state index is 0.171. The van der Waals surface area contributed by atoms with Crippen molar-refractivity contribution in [2.24, 2.45) is 16.3 Å². The Balaban J connectivity index is 1.52. The summed E-state index contributed by atoms with van der Waals surface area (Å²) in [5.74, 6) is 2.60. The van der Waals surface area contributed by atoms with Crippen LogP contribution in [0.4, 0.5) is 5.82 Å². The maximum Gasteiger partial charge on any atom is 0.193 e. The van der Waals surface area contributed by atoms with Crippen molar-refractivity contribution in [1.82, 2.24) is 15.2 Å². The van der Waals surface area contributed by atoms with Gasteiger partial charge in [-0.15, -0.1) is 0 Å². The van der Waals surface area contributed by atoms with Gasteiger partial charge in [-0.05, 0) is 30.4 Å². The summed E-state index contributed by atoms with van der Waals surface area (Å²) in [5.41, 5.74) is 0.171. The fraction of sp³-hybridized carbons (Fsp3) is 0.714. The Morgan fingerprint density at radius 3 is 2.67 bits per heavy atom. The molecule has 2 saturated heterocycles. The van der Waals surface area contributed by atoms with Crippen LogP contribution in [0.1, 0.15) is 33.6 Å². The molecule has 3 heterocycles. The van der Waals surface area contributed by atoms with Gasteiger partial charge in [-0.3, -0.25) is 4.99 Å². The Morgan fingerprint density at radius 2 is 2.04 bits per heavy atom. The molecule has 1 N–H and O–H groups in total. The van der Waals surface area contributed by atoms with Gasteiger partial charge in [-0.25, -0.2) is 4.98 Å². The predicted molar refractivity (Wildman–Crippen MR) is 111 cm³/mol. The van der Waals surface area contributed by atoms with Crippen LogP contribution in [-0.4, -0.2) is 68.3 Å². The Morgan fingerprint density at radius 1 is 1.26 bits per heavy atom. The van der Waals surface area contributed by atoms with Gasteiger partial charge >= 0.3 is 0 Å². The third-order valence-corrected chi connectivity index (χ3v) is 5.59. The van der Waals surface area contributed by atoms with Crippen molar-refractivity contribution < 1.29 is 4.74 Å². The smallest absolute Gasteiger partial charge is 0.193 e. The van der Waals surface area contributed by atoms with E-state index in [9.17, 15) is 0 Å². The highest BCUT2D eigenvalue weighted by molar-refractivity contribution is 5.80. The number of guanidine groups is 1. The van der Waals surface area contributed by atoms with Crippen molar-refractivity contribution in [3.05, 3.63) is 24.4 Å². The zero-order valence-corrected chi connectivity index (χ0v) is 17.3. The molecule has 27 heavy (non-hydrogen) atoms. The number of aromatic nitrogens is 1. The minimum Gasteiger partial charge on any atom is -0.377 e. The molecule has 0 radical (unpaired) electrons. The van der Waals surface area contributed by atoms with Gasteiger partial charge in [0.2, 0.25) is 0 Å². The summed E-state index contributed by atoms with van der Waals surface area (Å²) in [5, 5.41) is 3.63. The summed E-state index contributed by atoms with van der Waals surface area (Å²) in [6.07, 6.45) is 4.54. The molecular weight excluding hydrogens is 338 g/mol. The number of ether oxygens (including phenoxy) is 1. The average molecular weight is 374 g/mol. The molecule has 0 spiro atoms. The summed E-state index contributed by atoms with van der Waals surface area (Å²) in [4.78, 5) is 13.7. The number of nitrogens with one attached hydrogen (secondary N) is 1. The van der Waals surface area contributed by atoms with Gasteiger partial charge in [0, 0.05) is 58.5 Å². The lowest BCUT2D eigenvalue weighted by atomic mass is 9.78. The molecule has 2 aliphatic rings. The first kappa shape index (κ1) is 19.9. The van der Waals surface area contributed by atoms with Crippen molar-refractivity contribution in [2.75, 3.05) is 51.3 Å². The number of hydrogen-bond donors (Lipinski definition) is 1. The lowest BCUT2D eigenvalue weighted by molar-refractivity contribution is -0.0836. The zero-order valence-electron chi connectivity index (χ0n) is 17.3. The van der Waals surface area contributed by atoms with Gasteiger partial charge < -0.3 is 19.9 Å². The Kier molecular flexibility index (Phi) is 6.58. The maximum absolute atomic E-state index is 6.12. The zero-order chi connectivity index (χ0) is 19.3. The van der Waals surface area contributed by atoms with Crippen LogP contribution in [0, 0.1) is 11.3 Å². The fourth-order valence-corrected chi connectivity index (χ4v) is 4.25. The number of pyridine rings is 1. The molecule has 1 aromatic heterocycles. The van der Waals surface area contributed by atoms with E-state index in [2.05, 4.69) is 51.9 Å². The molecule has 2 aliphatic heterocycles. The quantitative estimate of drug-likeness (QED) is 0.652. The van der Waals surface area contributed by atoms with E-state index in [4.69, 9.17) is 4.74 Å². The summed E-state index contributed by atoms with van der Waals surface area (Å²) in [6, 6.07) is 6.09. The lowest BCUT2D eigenvalue weighted by Gasteiger charge is -2.41. The van der Waals surface area contributed by atoms with Crippen LogP contribution in [0.5, 0.6) is 0 Å². The number of piperazine rings is 1. The van der Waals surface area contributed by atoms with E-state index in [-0.39, 0.29) is 5.41 Å². The van der Waals surface area contributed by atoms with E-state index in [0.717, 1.165) is 57.5 Å². The molecule has 150 valence electrons. The molecule has 6 nitrogen and oxygen atoms in total. The lowest BCUT2D eigenvalue weighted by Crippen LogP contribution is -2.54. The van der Waals surface area contributed by atoms with Crippen molar-refractivity contribution in [3.8, 4) is 0 Å². The van der Waals surface area contributed by atoms with Gasteiger partial charge in [0.05, 0.1) is 6.10 Å². The largest absolute Gasteiger partial charge is 0.377 e. The molecule has 0 amide bonds. The highest BCUT2D eigenvalue weighted by atomic mass is 16.5. The summed E-state index contributed by atoms with van der Waals surface area (Å²) in [7, 11) is 1.88. The standard InChI is InChI=1S/C21H35N5O/c1-21(2,3)19-17(8-7-15-27-19)16-24-20(22-4)26-13-11-25(12-14-26)18-9-5-6-10-23-18/h5-6,9-10,17,19H,7-8,11-16H2,1-4H3,(H,22,24). The van der Waals surface area contributed by atoms with Gasteiger partial charge in [0.25, 0.3) is 0 Å². The summed E-state index contributed by atoms with van der Waals surface area (Å²) < 4.78 is 6.12. The Hall–Kier alpha value is -1.82. The first-order valence-electron chi connectivity index (χ1n) is 10.2. The van der Waals surface area contributed by atoms with Crippen LogP contribution in [0.15, 0.2) is 29.4 Å². The van der Waals surface area contributed by atoms with Gasteiger partial charge in [-0.2, -0.15) is 0 Å². The van der Waals surface area contributed by atoms with E-state index in [0.29, 0.717) is 12.0 Å². The maximum atomic E-state index is 6.12. The average Bonchev–Trinajstić information content (AvgIpc) is 2.69. The predicted octanol–water partition coefficient (Wildman–Crippen LogP) is 2.62. The normalized spacial score (nSPS) is 24.8. The van der Waals surface area contributed by atoms with E-state index in [1.54, 1.807) is 0 Å². The van der Waals surface area contributed by atoms with E-state index < -0.39 is 0 Å². The van der Waals surface area contributed by atoms with E-state index in [1.165, 1.54) is 6.42 Å². The molecule has 0 bridgehead atoms. The number of rotatable bonds is 3. The fourth-order valence-electron chi connectivity index (χ4n) is 4.25. The van der Waals surface area contributed by atoms with Crippen LogP contribution < -0.4 is 10.2 Å². The number of hydrogen-bond acceptors (Lipinski definition) is 4. The summed E-state index contributed by atoms with van der Waals surface area (Å²) in [6.45, 7) is 12.5. The molecular formula is C21H35N5O. The van der Waals surface area contributed by atoms with E-state index in [1.807, 2.05) is 25.4 Å². The van der Waals surface area contributed by atoms with Crippen LogP contribution in [0.25, 0.3) is 0 Å². The summed E-state index contributed by atoms with van der Waals surface area (Å²) >= 11 is 0. The van der Waals surface area contributed by atoms with Crippen molar-refractivity contribution >= 4 is 11.8 Å². The van der Waals surface area contributed by atoms with Gasteiger partial charge in [0.1, 0.15) is 5.82 Å². The number of anilines is 1. The highest BCUT2D eigenvalue weighted by Gasteiger charge is 2.35. The molecule has 2 atom stereocenters. The highest BCUT2D eigenvalue weighted by Crippen LogP contribution is 2.33. The first-order valence-corrected chi connectivity index (χ1v) is 10.2.